The van der Waals surface area contributed by atoms with Crippen molar-refractivity contribution in [1.82, 2.24) is 29.5 Å². The summed E-state index contributed by atoms with van der Waals surface area (Å²) in [5.41, 5.74) is 1.91. The summed E-state index contributed by atoms with van der Waals surface area (Å²) in [6.07, 6.45) is 10.3. The highest BCUT2D eigenvalue weighted by Gasteiger charge is 2.33. The van der Waals surface area contributed by atoms with Crippen molar-refractivity contribution in [3.8, 4) is 0 Å². The van der Waals surface area contributed by atoms with Crippen LogP contribution >= 0.6 is 0 Å². The molecule has 0 saturated carbocycles. The lowest BCUT2D eigenvalue weighted by molar-refractivity contribution is 0.0734. The molecule has 0 aliphatic carbocycles. The first-order valence-corrected chi connectivity index (χ1v) is 8.24. The number of nitrogens with zero attached hydrogens (tertiary/aromatic N) is 7. The topological polar surface area (TPSA) is 79.5 Å². The summed E-state index contributed by atoms with van der Waals surface area (Å²) in [6.45, 7) is 0.696. The van der Waals surface area contributed by atoms with E-state index in [0.717, 1.165) is 24.4 Å². The minimum atomic E-state index is -0.0708. The van der Waals surface area contributed by atoms with Gasteiger partial charge in [-0.3, -0.25) is 9.78 Å². The van der Waals surface area contributed by atoms with Crippen LogP contribution in [0.5, 0.6) is 0 Å². The molecule has 0 bridgehead atoms. The van der Waals surface area contributed by atoms with Crippen LogP contribution in [0, 0.1) is 0 Å². The smallest absolute Gasteiger partial charge is 0.259 e. The van der Waals surface area contributed by atoms with Crippen molar-refractivity contribution in [2.24, 2.45) is 0 Å². The van der Waals surface area contributed by atoms with E-state index in [1.807, 2.05) is 23.9 Å². The maximum atomic E-state index is 13.1. The Hall–Kier alpha value is -3.03. The fraction of sp³-hybridized carbons (Fsp3) is 0.353. The Kier molecular flexibility index (Phi) is 3.79. The normalized spacial score (nSPS) is 17.2. The number of rotatable bonds is 3. The third kappa shape index (κ3) is 2.69. The molecule has 128 valence electrons. The average molecular weight is 337 g/mol. The molecule has 3 aromatic rings. The molecule has 4 rings (SSSR count). The maximum absolute atomic E-state index is 13.1. The summed E-state index contributed by atoms with van der Waals surface area (Å²) in [5.74, 6) is 0.725. The zero-order valence-corrected chi connectivity index (χ0v) is 14.2. The van der Waals surface area contributed by atoms with Gasteiger partial charge in [0.25, 0.3) is 5.91 Å². The molecule has 1 amide bonds. The number of likely N-dealkylation sites (tertiary alicyclic amines) is 1. The average Bonchev–Trinajstić information content (AvgIpc) is 3.28. The Labute approximate surface area is 145 Å². The highest BCUT2D eigenvalue weighted by atomic mass is 16.2. The van der Waals surface area contributed by atoms with Crippen molar-refractivity contribution < 1.29 is 4.79 Å². The molecular formula is C17H19N7O. The third-order valence-electron chi connectivity index (χ3n) is 4.46. The Morgan fingerprint density at radius 2 is 2.16 bits per heavy atom. The number of fused-ring (bicyclic) bond motifs is 1. The van der Waals surface area contributed by atoms with Crippen LogP contribution in [0.3, 0.4) is 0 Å². The highest BCUT2D eigenvalue weighted by molar-refractivity contribution is 5.99. The van der Waals surface area contributed by atoms with E-state index in [0.29, 0.717) is 17.8 Å². The van der Waals surface area contributed by atoms with Crippen LogP contribution in [0.25, 0.3) is 5.65 Å². The van der Waals surface area contributed by atoms with Crippen molar-refractivity contribution in [2.75, 3.05) is 25.5 Å². The lowest BCUT2D eigenvalue weighted by atomic mass is 10.1. The molecule has 1 unspecified atom stereocenters. The van der Waals surface area contributed by atoms with Gasteiger partial charge in [0.05, 0.1) is 30.3 Å². The fourth-order valence-corrected chi connectivity index (χ4v) is 3.20. The molecule has 3 aromatic heterocycles. The van der Waals surface area contributed by atoms with Crippen molar-refractivity contribution in [3.05, 3.63) is 48.3 Å². The van der Waals surface area contributed by atoms with Crippen LogP contribution in [0.4, 0.5) is 5.82 Å². The standard InChI is InChI=1S/C17H19N7O/c1-22(2)15-11-18-10-13(21-15)14-5-3-7-23(14)17(25)12-9-20-24-8-4-6-19-16(12)24/h4,6,8-11,14H,3,5,7H2,1-2H3. The Bertz CT molecular complexity index is 920. The van der Waals surface area contributed by atoms with Crippen molar-refractivity contribution >= 4 is 17.4 Å². The van der Waals surface area contributed by atoms with Crippen LogP contribution in [-0.2, 0) is 0 Å². The highest BCUT2D eigenvalue weighted by Crippen LogP contribution is 2.32. The zero-order chi connectivity index (χ0) is 17.4. The maximum Gasteiger partial charge on any atom is 0.259 e. The van der Waals surface area contributed by atoms with Crippen molar-refractivity contribution in [3.63, 3.8) is 0 Å². The number of hydrogen-bond acceptors (Lipinski definition) is 6. The second-order valence-electron chi connectivity index (χ2n) is 6.30. The first-order valence-electron chi connectivity index (χ1n) is 8.24. The van der Waals surface area contributed by atoms with Gasteiger partial charge < -0.3 is 9.80 Å². The molecule has 0 aromatic carbocycles. The lowest BCUT2D eigenvalue weighted by Gasteiger charge is -2.24. The van der Waals surface area contributed by atoms with Gasteiger partial charge >= 0.3 is 0 Å². The number of hydrogen-bond donors (Lipinski definition) is 0. The van der Waals surface area contributed by atoms with E-state index in [4.69, 9.17) is 0 Å². The second-order valence-corrected chi connectivity index (χ2v) is 6.30. The fourth-order valence-electron chi connectivity index (χ4n) is 3.20. The van der Waals surface area contributed by atoms with Gasteiger partial charge in [-0.2, -0.15) is 5.10 Å². The van der Waals surface area contributed by atoms with E-state index in [2.05, 4.69) is 20.1 Å². The zero-order valence-electron chi connectivity index (χ0n) is 14.2. The molecule has 1 aliphatic rings. The molecule has 0 spiro atoms. The first-order chi connectivity index (χ1) is 12.1. The van der Waals surface area contributed by atoms with Crippen LogP contribution in [0.2, 0.25) is 0 Å². The molecule has 1 atom stereocenters. The molecule has 4 heterocycles. The number of carbonyl (C=O) groups excluding carboxylic acids is 1. The van der Waals surface area contributed by atoms with E-state index >= 15 is 0 Å². The van der Waals surface area contributed by atoms with E-state index in [9.17, 15) is 4.79 Å². The van der Waals surface area contributed by atoms with Gasteiger partial charge in [0.1, 0.15) is 11.4 Å². The summed E-state index contributed by atoms with van der Waals surface area (Å²) in [5, 5.41) is 4.22. The Morgan fingerprint density at radius 3 is 3.00 bits per heavy atom. The van der Waals surface area contributed by atoms with Gasteiger partial charge in [0, 0.05) is 33.0 Å². The largest absolute Gasteiger partial charge is 0.361 e. The van der Waals surface area contributed by atoms with E-state index < -0.39 is 0 Å². The molecular weight excluding hydrogens is 318 g/mol. The molecule has 1 fully saturated rings. The third-order valence-corrected chi connectivity index (χ3v) is 4.46. The molecule has 8 nitrogen and oxygen atoms in total. The van der Waals surface area contributed by atoms with E-state index in [1.54, 1.807) is 41.6 Å². The number of carbonyl (C=O) groups is 1. The quantitative estimate of drug-likeness (QED) is 0.722. The van der Waals surface area contributed by atoms with E-state index in [1.165, 1.54) is 0 Å². The van der Waals surface area contributed by atoms with Crippen LogP contribution < -0.4 is 4.90 Å². The van der Waals surface area contributed by atoms with Gasteiger partial charge in [-0.05, 0) is 18.9 Å². The van der Waals surface area contributed by atoms with Crippen molar-refractivity contribution in [1.29, 1.82) is 0 Å². The predicted octanol–water partition coefficient (Wildman–Crippen LogP) is 1.56. The minimum Gasteiger partial charge on any atom is -0.361 e. The minimum absolute atomic E-state index is 0.0618. The summed E-state index contributed by atoms with van der Waals surface area (Å²) < 4.78 is 1.62. The number of anilines is 1. The number of aromatic nitrogens is 5. The van der Waals surface area contributed by atoms with Crippen LogP contribution in [0.15, 0.2) is 37.1 Å². The molecule has 0 radical (unpaired) electrons. The van der Waals surface area contributed by atoms with Crippen LogP contribution in [-0.4, -0.2) is 56.0 Å². The predicted molar refractivity (Wildman–Crippen MR) is 92.4 cm³/mol. The molecule has 1 saturated heterocycles. The second kappa shape index (κ2) is 6.12. The summed E-state index contributed by atoms with van der Waals surface area (Å²) >= 11 is 0. The Morgan fingerprint density at radius 1 is 1.28 bits per heavy atom. The number of amides is 1. The lowest BCUT2D eigenvalue weighted by Crippen LogP contribution is -2.31. The Balaban J connectivity index is 1.67. The summed E-state index contributed by atoms with van der Waals surface area (Å²) in [7, 11) is 3.85. The molecule has 1 aliphatic heterocycles. The van der Waals surface area contributed by atoms with Gasteiger partial charge in [-0.15, -0.1) is 0 Å². The van der Waals surface area contributed by atoms with Crippen LogP contribution in [0.1, 0.15) is 34.9 Å². The monoisotopic (exact) mass is 337 g/mol. The van der Waals surface area contributed by atoms with Crippen molar-refractivity contribution in [2.45, 2.75) is 18.9 Å². The SMILES string of the molecule is CN(C)c1cncc(C2CCCN2C(=O)c2cnn3cccnc23)n1. The molecule has 25 heavy (non-hydrogen) atoms. The van der Waals surface area contributed by atoms with Gasteiger partial charge in [-0.1, -0.05) is 0 Å². The summed E-state index contributed by atoms with van der Waals surface area (Å²) in [4.78, 5) is 30.1. The molecule has 0 N–H and O–H groups in total. The molecule has 8 heteroatoms. The first kappa shape index (κ1) is 15.5. The van der Waals surface area contributed by atoms with E-state index in [-0.39, 0.29) is 11.9 Å². The van der Waals surface area contributed by atoms with Gasteiger partial charge in [-0.25, -0.2) is 14.5 Å². The summed E-state index contributed by atoms with van der Waals surface area (Å²) in [6, 6.07) is 1.72. The van der Waals surface area contributed by atoms with Gasteiger partial charge in [0.15, 0.2) is 5.65 Å². The van der Waals surface area contributed by atoms with Gasteiger partial charge in [0.2, 0.25) is 0 Å².